The van der Waals surface area contributed by atoms with Gasteiger partial charge in [-0.25, -0.2) is 4.99 Å². The predicted octanol–water partition coefficient (Wildman–Crippen LogP) is 1.61. The molecule has 1 aliphatic heterocycles. The molecule has 0 saturated carbocycles. The molecular formula is C23H37N7O2. The van der Waals surface area contributed by atoms with Gasteiger partial charge in [0.25, 0.3) is 0 Å². The van der Waals surface area contributed by atoms with E-state index in [1.54, 1.807) is 0 Å². The van der Waals surface area contributed by atoms with Crippen LogP contribution in [0.4, 0.5) is 0 Å². The summed E-state index contributed by atoms with van der Waals surface area (Å²) in [5.74, 6) is 3.46. The summed E-state index contributed by atoms with van der Waals surface area (Å²) in [6.07, 6.45) is 1.05. The maximum Gasteiger partial charge on any atom is 0.194 e. The number of guanidine groups is 1. The quantitative estimate of drug-likeness (QED) is 0.339. The number of nitrogens with zero attached hydrogens (tertiary/aromatic N) is 6. The number of likely N-dealkylation sites (N-methyl/N-ethyl adjacent to an activating group) is 1. The van der Waals surface area contributed by atoms with Crippen molar-refractivity contribution in [1.82, 2.24) is 29.9 Å². The van der Waals surface area contributed by atoms with Gasteiger partial charge in [-0.15, -0.1) is 10.2 Å². The first-order valence-corrected chi connectivity index (χ1v) is 11.4. The second-order valence-electron chi connectivity index (χ2n) is 8.18. The van der Waals surface area contributed by atoms with Crippen LogP contribution < -0.4 is 10.1 Å². The highest BCUT2D eigenvalue weighted by atomic mass is 16.5. The van der Waals surface area contributed by atoms with Gasteiger partial charge < -0.3 is 24.3 Å². The fourth-order valence-corrected chi connectivity index (χ4v) is 3.41. The van der Waals surface area contributed by atoms with Gasteiger partial charge in [0.1, 0.15) is 24.7 Å². The molecule has 0 radical (unpaired) electrons. The molecule has 2 heterocycles. The Kier molecular flexibility index (Phi) is 9.30. The van der Waals surface area contributed by atoms with Gasteiger partial charge in [0, 0.05) is 33.7 Å². The molecule has 176 valence electrons. The number of morpholine rings is 1. The summed E-state index contributed by atoms with van der Waals surface area (Å²) in [7, 11) is 4.00. The van der Waals surface area contributed by atoms with E-state index in [0.717, 1.165) is 75.7 Å². The fraction of sp³-hybridized carbons (Fsp3) is 0.609. The van der Waals surface area contributed by atoms with Crippen molar-refractivity contribution < 1.29 is 9.47 Å². The Labute approximate surface area is 191 Å². The molecule has 1 aromatic heterocycles. The van der Waals surface area contributed by atoms with E-state index in [9.17, 15) is 0 Å². The summed E-state index contributed by atoms with van der Waals surface area (Å²) < 4.78 is 13.3. The third-order valence-corrected chi connectivity index (χ3v) is 5.67. The molecule has 1 N–H and O–H groups in total. The van der Waals surface area contributed by atoms with Crippen LogP contribution in [-0.4, -0.2) is 90.1 Å². The van der Waals surface area contributed by atoms with Crippen LogP contribution in [0.1, 0.15) is 23.6 Å². The summed E-state index contributed by atoms with van der Waals surface area (Å²) in [6.45, 7) is 11.4. The van der Waals surface area contributed by atoms with Crippen molar-refractivity contribution >= 4 is 5.96 Å². The Morgan fingerprint density at radius 2 is 1.94 bits per heavy atom. The first-order valence-electron chi connectivity index (χ1n) is 11.4. The molecular weight excluding hydrogens is 406 g/mol. The highest BCUT2D eigenvalue weighted by Crippen LogP contribution is 2.11. The minimum Gasteiger partial charge on any atom is -0.492 e. The first kappa shape index (κ1) is 24.0. The largest absolute Gasteiger partial charge is 0.492 e. The lowest BCUT2D eigenvalue weighted by Crippen LogP contribution is -2.42. The number of ether oxygens (including phenoxy) is 2. The van der Waals surface area contributed by atoms with Crippen LogP contribution in [-0.2, 0) is 18.3 Å². The zero-order valence-electron chi connectivity index (χ0n) is 19.9. The van der Waals surface area contributed by atoms with Crippen LogP contribution in [0.2, 0.25) is 0 Å². The molecule has 1 fully saturated rings. The Balaban J connectivity index is 1.52. The predicted molar refractivity (Wildman–Crippen MR) is 126 cm³/mol. The van der Waals surface area contributed by atoms with E-state index < -0.39 is 0 Å². The van der Waals surface area contributed by atoms with Crippen LogP contribution in [0, 0.1) is 13.8 Å². The smallest absolute Gasteiger partial charge is 0.194 e. The van der Waals surface area contributed by atoms with E-state index in [-0.39, 0.29) is 0 Å². The number of hydrogen-bond donors (Lipinski definition) is 1. The van der Waals surface area contributed by atoms with Crippen molar-refractivity contribution in [3.05, 3.63) is 41.5 Å². The Hall–Kier alpha value is -2.65. The molecule has 0 spiro atoms. The summed E-state index contributed by atoms with van der Waals surface area (Å²) in [4.78, 5) is 9.36. The van der Waals surface area contributed by atoms with E-state index in [4.69, 9.17) is 14.5 Å². The number of nitrogens with one attached hydrogen (secondary N) is 1. The summed E-state index contributed by atoms with van der Waals surface area (Å²) >= 11 is 0. The van der Waals surface area contributed by atoms with E-state index >= 15 is 0 Å². The van der Waals surface area contributed by atoms with E-state index in [1.807, 2.05) is 37.7 Å². The molecule has 1 aliphatic rings. The van der Waals surface area contributed by atoms with Gasteiger partial charge in [0.2, 0.25) is 0 Å². The topological polar surface area (TPSA) is 80.0 Å². The summed E-state index contributed by atoms with van der Waals surface area (Å²) in [6, 6.07) is 8.13. The van der Waals surface area contributed by atoms with Crippen LogP contribution in [0.3, 0.4) is 0 Å². The van der Waals surface area contributed by atoms with Crippen molar-refractivity contribution in [2.75, 3.05) is 59.6 Å². The molecule has 1 saturated heterocycles. The number of benzene rings is 1. The summed E-state index contributed by atoms with van der Waals surface area (Å²) in [5.41, 5.74) is 1.23. The zero-order chi connectivity index (χ0) is 22.8. The monoisotopic (exact) mass is 443 g/mol. The molecule has 0 bridgehead atoms. The number of rotatable bonds is 10. The fourth-order valence-electron chi connectivity index (χ4n) is 3.41. The van der Waals surface area contributed by atoms with Crippen molar-refractivity contribution in [3.63, 3.8) is 0 Å². The van der Waals surface area contributed by atoms with Crippen LogP contribution in [0.25, 0.3) is 0 Å². The maximum atomic E-state index is 5.90. The van der Waals surface area contributed by atoms with Gasteiger partial charge in [-0.3, -0.25) is 4.90 Å². The number of aryl methyl sites for hydroxylation is 2. The van der Waals surface area contributed by atoms with Gasteiger partial charge in [-0.2, -0.15) is 0 Å². The minimum absolute atomic E-state index is 0.478. The Bertz CT molecular complexity index is 845. The van der Waals surface area contributed by atoms with Crippen LogP contribution in [0.15, 0.2) is 29.3 Å². The molecule has 3 rings (SSSR count). The summed E-state index contributed by atoms with van der Waals surface area (Å²) in [5, 5.41) is 11.9. The second-order valence-corrected chi connectivity index (χ2v) is 8.18. The van der Waals surface area contributed by atoms with Crippen molar-refractivity contribution in [1.29, 1.82) is 0 Å². The highest BCUT2D eigenvalue weighted by molar-refractivity contribution is 5.79. The molecule has 0 aliphatic carbocycles. The first-order chi connectivity index (χ1) is 15.5. The number of hydrogen-bond acceptors (Lipinski definition) is 6. The van der Waals surface area contributed by atoms with Gasteiger partial charge in [-0.05, 0) is 38.9 Å². The Morgan fingerprint density at radius 1 is 1.19 bits per heavy atom. The third-order valence-electron chi connectivity index (χ3n) is 5.67. The maximum absolute atomic E-state index is 5.90. The van der Waals surface area contributed by atoms with Crippen molar-refractivity contribution in [3.8, 4) is 5.75 Å². The molecule has 2 aromatic rings. The number of aliphatic imine (C=N–C) groups is 1. The lowest BCUT2D eigenvalue weighted by molar-refractivity contribution is 0.0375. The van der Waals surface area contributed by atoms with Gasteiger partial charge >= 0.3 is 0 Å². The molecule has 0 atom stereocenters. The Morgan fingerprint density at radius 3 is 2.62 bits per heavy atom. The van der Waals surface area contributed by atoms with Crippen molar-refractivity contribution in [2.45, 2.75) is 26.8 Å². The molecule has 0 unspecified atom stereocenters. The normalized spacial score (nSPS) is 15.1. The molecule has 1 aromatic carbocycles. The lowest BCUT2D eigenvalue weighted by atomic mass is 10.2. The number of aromatic nitrogens is 3. The standard InChI is InChI=1S/C23H37N7O2/c1-19-6-8-21(9-7-19)32-17-12-28(3)23(25-18-22-27-26-20(2)29(22)4)24-10-5-11-30-13-15-31-16-14-30/h6-9H,5,10-18H2,1-4H3,(H,24,25). The average Bonchev–Trinajstić information content (AvgIpc) is 3.12. The zero-order valence-corrected chi connectivity index (χ0v) is 19.9. The third kappa shape index (κ3) is 7.49. The molecule has 32 heavy (non-hydrogen) atoms. The van der Waals surface area contributed by atoms with E-state index in [1.165, 1.54) is 5.56 Å². The lowest BCUT2D eigenvalue weighted by Gasteiger charge is -2.27. The minimum atomic E-state index is 0.478. The average molecular weight is 444 g/mol. The SMILES string of the molecule is Cc1ccc(OCCN(C)C(=NCc2nnc(C)n2C)NCCCN2CCOCC2)cc1. The van der Waals surface area contributed by atoms with Crippen LogP contribution in [0.5, 0.6) is 5.75 Å². The molecule has 9 nitrogen and oxygen atoms in total. The van der Waals surface area contributed by atoms with E-state index in [0.29, 0.717) is 13.2 Å². The van der Waals surface area contributed by atoms with Crippen molar-refractivity contribution in [2.24, 2.45) is 12.0 Å². The van der Waals surface area contributed by atoms with Gasteiger partial charge in [0.05, 0.1) is 19.8 Å². The van der Waals surface area contributed by atoms with Gasteiger partial charge in [-0.1, -0.05) is 17.7 Å². The second kappa shape index (κ2) is 12.4. The van der Waals surface area contributed by atoms with Gasteiger partial charge in [0.15, 0.2) is 11.8 Å². The van der Waals surface area contributed by atoms with E-state index in [2.05, 4.69) is 44.4 Å². The molecule has 0 amide bonds. The van der Waals surface area contributed by atoms with Crippen LogP contribution >= 0.6 is 0 Å². The highest BCUT2D eigenvalue weighted by Gasteiger charge is 2.12. The molecule has 9 heteroatoms.